The van der Waals surface area contributed by atoms with Crippen LogP contribution < -0.4 is 0 Å². The van der Waals surface area contributed by atoms with Crippen molar-refractivity contribution < 1.29 is 28.7 Å². The van der Waals surface area contributed by atoms with Gasteiger partial charge in [0.15, 0.2) is 5.40 Å². The standard InChI is InChI=1S/C7H14N2O6P2.ClH/c1-9-4-2-3-8-6(9)5-7(16(10,11)12)17(13,14)15;/h2-3,7H,4-5H2,1H3,(H2,10,11,12)(H2,13,14,15);1H. The number of aliphatic imine (C=N–C) groups is 1. The molecule has 0 amide bonds. The molecule has 18 heavy (non-hydrogen) atoms. The van der Waals surface area contributed by atoms with Crippen LogP contribution in [-0.4, -0.2) is 49.3 Å². The topological polar surface area (TPSA) is 131 Å². The van der Waals surface area contributed by atoms with Crippen molar-refractivity contribution in [3.63, 3.8) is 0 Å². The van der Waals surface area contributed by atoms with Crippen LogP contribution in [0.15, 0.2) is 17.3 Å². The molecule has 0 fully saturated rings. The van der Waals surface area contributed by atoms with E-state index in [1.165, 1.54) is 6.20 Å². The van der Waals surface area contributed by atoms with Crippen LogP contribution >= 0.6 is 27.6 Å². The van der Waals surface area contributed by atoms with E-state index in [9.17, 15) is 9.13 Å². The molecule has 0 spiro atoms. The summed E-state index contributed by atoms with van der Waals surface area (Å²) in [6, 6.07) is 0. The summed E-state index contributed by atoms with van der Waals surface area (Å²) in [5.74, 6) is 0.240. The molecular formula is C7H15ClN2O6P2. The van der Waals surface area contributed by atoms with Crippen molar-refractivity contribution in [2.24, 2.45) is 4.99 Å². The molecule has 11 heteroatoms. The van der Waals surface area contributed by atoms with E-state index in [4.69, 9.17) is 19.6 Å². The van der Waals surface area contributed by atoms with Crippen molar-refractivity contribution in [2.75, 3.05) is 13.6 Å². The summed E-state index contributed by atoms with van der Waals surface area (Å²) in [6.45, 7) is 0.480. The Morgan fingerprint density at radius 1 is 1.33 bits per heavy atom. The van der Waals surface area contributed by atoms with Crippen molar-refractivity contribution in [3.8, 4) is 0 Å². The van der Waals surface area contributed by atoms with Gasteiger partial charge in [-0.25, -0.2) is 4.99 Å². The van der Waals surface area contributed by atoms with E-state index < -0.39 is 27.0 Å². The van der Waals surface area contributed by atoms with Gasteiger partial charge in [0.05, 0.1) is 0 Å². The lowest BCUT2D eigenvalue weighted by Gasteiger charge is -2.26. The van der Waals surface area contributed by atoms with Crippen LogP contribution in [0.4, 0.5) is 0 Å². The molecule has 0 aromatic heterocycles. The second-order valence-electron chi connectivity index (χ2n) is 3.67. The largest absolute Gasteiger partial charge is 0.359 e. The fourth-order valence-corrected chi connectivity index (χ4v) is 3.72. The molecule has 1 aliphatic heterocycles. The van der Waals surface area contributed by atoms with Crippen molar-refractivity contribution in [3.05, 3.63) is 12.3 Å². The zero-order chi connectivity index (χ0) is 13.3. The summed E-state index contributed by atoms with van der Waals surface area (Å²) in [7, 11) is -8.15. The van der Waals surface area contributed by atoms with Crippen molar-refractivity contribution >= 4 is 33.4 Å². The molecule has 1 rings (SSSR count). The second kappa shape index (κ2) is 6.30. The molecule has 4 N–H and O–H groups in total. The molecular weight excluding hydrogens is 305 g/mol. The van der Waals surface area contributed by atoms with Gasteiger partial charge in [-0.05, 0) is 6.08 Å². The molecule has 0 radical (unpaired) electrons. The predicted molar refractivity (Wildman–Crippen MR) is 68.9 cm³/mol. The molecule has 0 aromatic carbocycles. The van der Waals surface area contributed by atoms with Gasteiger partial charge in [0.25, 0.3) is 0 Å². The van der Waals surface area contributed by atoms with Crippen molar-refractivity contribution in [1.29, 1.82) is 0 Å². The average Bonchev–Trinajstić information content (AvgIpc) is 2.12. The first-order valence-corrected chi connectivity index (χ1v) is 8.02. The van der Waals surface area contributed by atoms with Crippen LogP contribution in [0.1, 0.15) is 6.42 Å². The van der Waals surface area contributed by atoms with E-state index in [1.54, 1.807) is 18.0 Å². The van der Waals surface area contributed by atoms with Gasteiger partial charge in [-0.1, -0.05) is 0 Å². The number of halogens is 1. The number of hydrogen-bond acceptors (Lipinski definition) is 4. The highest BCUT2D eigenvalue weighted by Crippen LogP contribution is 2.61. The summed E-state index contributed by atoms with van der Waals surface area (Å²) >= 11 is 0. The number of hydrogen-bond donors (Lipinski definition) is 4. The summed E-state index contributed by atoms with van der Waals surface area (Å²) < 4.78 is 22.1. The van der Waals surface area contributed by atoms with E-state index in [2.05, 4.69) is 4.99 Å². The maximum absolute atomic E-state index is 11.1. The van der Waals surface area contributed by atoms with Crippen LogP contribution in [0.25, 0.3) is 0 Å². The molecule has 8 nitrogen and oxygen atoms in total. The number of likely N-dealkylation sites (N-methyl/N-ethyl adjacent to an activating group) is 1. The fourth-order valence-electron chi connectivity index (χ4n) is 1.35. The zero-order valence-electron chi connectivity index (χ0n) is 9.45. The molecule has 0 atom stereocenters. The van der Waals surface area contributed by atoms with Gasteiger partial charge in [-0.2, -0.15) is 0 Å². The molecule has 0 bridgehead atoms. The summed E-state index contributed by atoms with van der Waals surface area (Å²) in [6.07, 6.45) is 2.69. The average molecular weight is 321 g/mol. The molecule has 0 aromatic rings. The Bertz CT molecular complexity index is 419. The van der Waals surface area contributed by atoms with Gasteiger partial charge in [-0.15, -0.1) is 12.4 Å². The second-order valence-corrected chi connectivity index (χ2v) is 7.68. The van der Waals surface area contributed by atoms with E-state index in [1.807, 2.05) is 0 Å². The first-order chi connectivity index (χ1) is 7.62. The summed E-state index contributed by atoms with van der Waals surface area (Å²) in [4.78, 5) is 41.2. The molecule has 0 saturated heterocycles. The minimum Gasteiger partial charge on any atom is -0.359 e. The van der Waals surface area contributed by atoms with E-state index in [0.29, 0.717) is 6.54 Å². The Morgan fingerprint density at radius 2 is 1.83 bits per heavy atom. The van der Waals surface area contributed by atoms with Crippen molar-refractivity contribution in [1.82, 2.24) is 4.90 Å². The monoisotopic (exact) mass is 320 g/mol. The zero-order valence-corrected chi connectivity index (χ0v) is 12.1. The van der Waals surface area contributed by atoms with Gasteiger partial charge in [0.1, 0.15) is 5.84 Å². The first-order valence-electron chi connectivity index (χ1n) is 4.65. The molecule has 1 heterocycles. The van der Waals surface area contributed by atoms with Crippen molar-refractivity contribution in [2.45, 2.75) is 11.8 Å². The maximum Gasteiger partial charge on any atom is 0.341 e. The van der Waals surface area contributed by atoms with Crippen LogP contribution in [0.2, 0.25) is 0 Å². The Morgan fingerprint density at radius 3 is 2.22 bits per heavy atom. The lowest BCUT2D eigenvalue weighted by molar-refractivity contribution is 0.338. The van der Waals surface area contributed by atoms with E-state index >= 15 is 0 Å². The fraction of sp³-hybridized carbons (Fsp3) is 0.571. The smallest absolute Gasteiger partial charge is 0.341 e. The molecule has 0 aliphatic carbocycles. The van der Waals surface area contributed by atoms with Crippen LogP contribution in [-0.2, 0) is 9.13 Å². The Labute approximate surface area is 110 Å². The Balaban J connectivity index is 0.00000289. The number of nitrogens with zero attached hydrogens (tertiary/aromatic N) is 2. The van der Waals surface area contributed by atoms with Gasteiger partial charge >= 0.3 is 15.2 Å². The summed E-state index contributed by atoms with van der Waals surface area (Å²) in [5.41, 5.74) is 0. The molecule has 106 valence electrons. The highest BCUT2D eigenvalue weighted by molar-refractivity contribution is 7.70. The third-order valence-electron chi connectivity index (χ3n) is 2.29. The maximum atomic E-state index is 11.1. The number of amidine groups is 1. The molecule has 0 unspecified atom stereocenters. The normalized spacial score (nSPS) is 16.6. The van der Waals surface area contributed by atoms with Gasteiger partial charge in [0.2, 0.25) is 0 Å². The first kappa shape index (κ1) is 17.8. The Kier molecular flexibility index (Phi) is 6.23. The number of rotatable bonds is 4. The van der Waals surface area contributed by atoms with Gasteiger partial charge < -0.3 is 24.5 Å². The predicted octanol–water partition coefficient (Wildman–Crippen LogP) is 0.337. The molecule has 1 aliphatic rings. The minimum absolute atomic E-state index is 0. The highest BCUT2D eigenvalue weighted by atomic mass is 35.5. The van der Waals surface area contributed by atoms with Crippen LogP contribution in [0, 0.1) is 0 Å². The summed E-state index contributed by atoms with van der Waals surface area (Å²) in [5, 5.41) is -2.04. The lowest BCUT2D eigenvalue weighted by Crippen LogP contribution is -2.31. The van der Waals surface area contributed by atoms with E-state index in [0.717, 1.165) is 0 Å². The third kappa shape index (κ3) is 4.82. The third-order valence-corrected chi connectivity index (χ3v) is 6.01. The Hall–Kier alpha value is -0.200. The van der Waals surface area contributed by atoms with Gasteiger partial charge in [-0.3, -0.25) is 9.13 Å². The SMILES string of the molecule is CN1CC=CN=C1CC(P(=O)(O)O)P(=O)(O)O.Cl. The van der Waals surface area contributed by atoms with Gasteiger partial charge in [0, 0.05) is 26.2 Å². The van der Waals surface area contributed by atoms with Crippen LogP contribution in [0.3, 0.4) is 0 Å². The minimum atomic E-state index is -4.89. The highest BCUT2D eigenvalue weighted by Gasteiger charge is 2.44. The lowest BCUT2D eigenvalue weighted by atomic mass is 10.3. The van der Waals surface area contributed by atoms with Crippen LogP contribution in [0.5, 0.6) is 0 Å². The molecule has 0 saturated carbocycles. The van der Waals surface area contributed by atoms with E-state index in [-0.39, 0.29) is 18.2 Å². The quantitative estimate of drug-likeness (QED) is 0.549.